The van der Waals surface area contributed by atoms with Crippen LogP contribution in [0.15, 0.2) is 40.0 Å². The van der Waals surface area contributed by atoms with Gasteiger partial charge in [0.1, 0.15) is 10.8 Å². The van der Waals surface area contributed by atoms with E-state index in [9.17, 15) is 0 Å². The van der Waals surface area contributed by atoms with Crippen molar-refractivity contribution in [3.63, 3.8) is 0 Å². The number of nitriles is 1. The van der Waals surface area contributed by atoms with Gasteiger partial charge in [-0.15, -0.1) is 0 Å². The average Bonchev–Trinajstić information content (AvgIpc) is 2.76. The fourth-order valence-electron chi connectivity index (χ4n) is 1.92. The molecule has 2 rings (SSSR count). The predicted octanol–water partition coefficient (Wildman–Crippen LogP) is 2.40. The van der Waals surface area contributed by atoms with Crippen LogP contribution in [0.1, 0.15) is 18.4 Å². The third-order valence-corrected chi connectivity index (χ3v) is 3.73. The third kappa shape index (κ3) is 2.51. The smallest absolute Gasteiger partial charge is 0.131 e. The Kier molecular flexibility index (Phi) is 3.97. The normalized spacial score (nSPS) is 20.6. The van der Waals surface area contributed by atoms with Gasteiger partial charge in [-0.25, -0.2) is 0 Å². The van der Waals surface area contributed by atoms with Crippen LogP contribution >= 0.6 is 11.8 Å². The Labute approximate surface area is 115 Å². The number of nitrogens with two attached hydrogens (primary N) is 1. The average molecular weight is 275 g/mol. The lowest BCUT2D eigenvalue weighted by Crippen LogP contribution is -2.07. The molecule has 0 radical (unpaired) electrons. The molecule has 1 heterocycles. The number of allylic oxidation sites excluding steroid dienone is 1. The van der Waals surface area contributed by atoms with Crippen molar-refractivity contribution in [2.75, 3.05) is 6.61 Å². The lowest BCUT2D eigenvalue weighted by atomic mass is 9.93. The number of thioether (sulfide) groups is 1. The van der Waals surface area contributed by atoms with Gasteiger partial charge in [0.2, 0.25) is 0 Å². The van der Waals surface area contributed by atoms with E-state index in [1.807, 2.05) is 31.2 Å². The lowest BCUT2D eigenvalue weighted by Gasteiger charge is -2.11. The molecule has 3 N–H and O–H groups in total. The summed E-state index contributed by atoms with van der Waals surface area (Å²) in [6.45, 7) is 2.51. The van der Waals surface area contributed by atoms with E-state index < -0.39 is 5.92 Å². The lowest BCUT2D eigenvalue weighted by molar-refractivity contribution is 0.319. The first-order valence-electron chi connectivity index (χ1n) is 5.73. The molecule has 0 aliphatic carbocycles. The minimum Gasteiger partial charge on any atom is -0.494 e. The molecule has 0 saturated carbocycles. The molecule has 6 heteroatoms. The first kappa shape index (κ1) is 13.3. The fourth-order valence-corrected chi connectivity index (χ4v) is 2.83. The molecular formula is C13H13N3O2S. The second-order valence-electron chi connectivity index (χ2n) is 3.87. The molecule has 1 unspecified atom stereocenters. The van der Waals surface area contributed by atoms with Crippen LogP contribution in [0.2, 0.25) is 0 Å². The Hall–Kier alpha value is -2.13. The van der Waals surface area contributed by atoms with Crippen LogP contribution in [0.5, 0.6) is 5.75 Å². The van der Waals surface area contributed by atoms with Gasteiger partial charge in [0, 0.05) is 0 Å². The summed E-state index contributed by atoms with van der Waals surface area (Å²) in [6.07, 6.45) is 0. The SMILES string of the molecule is CCOc1ccc(C2C(C#N)=C(N)S/C2=N\O)cc1. The molecule has 0 aromatic heterocycles. The van der Waals surface area contributed by atoms with Crippen molar-refractivity contribution in [3.8, 4) is 11.8 Å². The highest BCUT2D eigenvalue weighted by molar-refractivity contribution is 8.17. The first-order chi connectivity index (χ1) is 9.21. The van der Waals surface area contributed by atoms with Crippen molar-refractivity contribution in [3.05, 3.63) is 40.4 Å². The topological polar surface area (TPSA) is 91.6 Å². The minimum atomic E-state index is -0.393. The molecule has 98 valence electrons. The first-order valence-corrected chi connectivity index (χ1v) is 6.55. The van der Waals surface area contributed by atoms with E-state index in [1.165, 1.54) is 0 Å². The number of oxime groups is 1. The molecule has 0 fully saturated rings. The Morgan fingerprint density at radius 1 is 1.47 bits per heavy atom. The molecular weight excluding hydrogens is 262 g/mol. The summed E-state index contributed by atoms with van der Waals surface area (Å²) in [7, 11) is 0. The van der Waals surface area contributed by atoms with Crippen molar-refractivity contribution in [1.29, 1.82) is 5.26 Å². The maximum atomic E-state index is 9.16. The van der Waals surface area contributed by atoms with Gasteiger partial charge in [0.15, 0.2) is 0 Å². The monoisotopic (exact) mass is 275 g/mol. The molecule has 1 aromatic carbocycles. The Balaban J connectivity index is 2.36. The zero-order chi connectivity index (χ0) is 13.8. The summed E-state index contributed by atoms with van der Waals surface area (Å²) in [6, 6.07) is 9.41. The number of hydrogen-bond donors (Lipinski definition) is 2. The van der Waals surface area contributed by atoms with E-state index in [2.05, 4.69) is 11.2 Å². The van der Waals surface area contributed by atoms with Gasteiger partial charge in [0.25, 0.3) is 0 Å². The van der Waals surface area contributed by atoms with E-state index in [0.717, 1.165) is 23.1 Å². The third-order valence-electron chi connectivity index (χ3n) is 2.76. The zero-order valence-corrected chi connectivity index (χ0v) is 11.1. The number of nitrogens with zero attached hydrogens (tertiary/aromatic N) is 2. The van der Waals surface area contributed by atoms with E-state index in [0.29, 0.717) is 22.3 Å². The van der Waals surface area contributed by atoms with Crippen molar-refractivity contribution >= 4 is 16.8 Å². The molecule has 0 amide bonds. The van der Waals surface area contributed by atoms with Gasteiger partial charge in [0.05, 0.1) is 29.2 Å². The molecule has 0 spiro atoms. The summed E-state index contributed by atoms with van der Waals surface area (Å²) in [5.41, 5.74) is 7.03. The summed E-state index contributed by atoms with van der Waals surface area (Å²) >= 11 is 1.12. The summed E-state index contributed by atoms with van der Waals surface area (Å²) in [5.74, 6) is 0.366. The van der Waals surface area contributed by atoms with Crippen LogP contribution in [-0.4, -0.2) is 16.9 Å². The van der Waals surface area contributed by atoms with E-state index >= 15 is 0 Å². The second-order valence-corrected chi connectivity index (χ2v) is 4.93. The van der Waals surface area contributed by atoms with Crippen LogP contribution in [0, 0.1) is 11.3 Å². The standard InChI is InChI=1S/C13H13N3O2S/c1-2-18-9-5-3-8(4-6-9)11-10(7-14)12(15)19-13(11)16-17/h3-6,11,17H,2,15H2,1H3/b16-13-. The van der Waals surface area contributed by atoms with Crippen molar-refractivity contribution < 1.29 is 9.94 Å². The molecule has 1 atom stereocenters. The number of benzene rings is 1. The summed E-state index contributed by atoms with van der Waals surface area (Å²) < 4.78 is 5.36. The van der Waals surface area contributed by atoms with E-state index in [1.54, 1.807) is 0 Å². The van der Waals surface area contributed by atoms with E-state index in [4.69, 9.17) is 20.9 Å². The second kappa shape index (κ2) is 5.67. The van der Waals surface area contributed by atoms with Crippen molar-refractivity contribution in [2.45, 2.75) is 12.8 Å². The van der Waals surface area contributed by atoms with Crippen LogP contribution in [-0.2, 0) is 0 Å². The zero-order valence-electron chi connectivity index (χ0n) is 10.3. The van der Waals surface area contributed by atoms with Crippen LogP contribution in [0.25, 0.3) is 0 Å². The molecule has 19 heavy (non-hydrogen) atoms. The molecule has 0 saturated heterocycles. The van der Waals surface area contributed by atoms with Gasteiger partial charge in [-0.3, -0.25) is 0 Å². The highest BCUT2D eigenvalue weighted by Crippen LogP contribution is 2.41. The number of rotatable bonds is 3. The quantitative estimate of drug-likeness (QED) is 0.652. The van der Waals surface area contributed by atoms with Crippen LogP contribution < -0.4 is 10.5 Å². The van der Waals surface area contributed by atoms with Crippen LogP contribution in [0.4, 0.5) is 0 Å². The Morgan fingerprint density at radius 3 is 2.68 bits per heavy atom. The molecule has 1 aromatic rings. The maximum absolute atomic E-state index is 9.16. The predicted molar refractivity (Wildman–Crippen MR) is 74.0 cm³/mol. The van der Waals surface area contributed by atoms with Gasteiger partial charge < -0.3 is 15.7 Å². The highest BCUT2D eigenvalue weighted by atomic mass is 32.2. The van der Waals surface area contributed by atoms with Crippen molar-refractivity contribution in [1.82, 2.24) is 0 Å². The summed E-state index contributed by atoms with van der Waals surface area (Å²) in [5, 5.41) is 22.2. The van der Waals surface area contributed by atoms with Gasteiger partial charge in [-0.05, 0) is 24.6 Å². The maximum Gasteiger partial charge on any atom is 0.131 e. The summed E-state index contributed by atoms with van der Waals surface area (Å²) in [4.78, 5) is 0. The Morgan fingerprint density at radius 2 is 2.16 bits per heavy atom. The Bertz CT molecular complexity index is 573. The minimum absolute atomic E-state index is 0.384. The van der Waals surface area contributed by atoms with Gasteiger partial charge in [-0.1, -0.05) is 29.1 Å². The molecule has 5 nitrogen and oxygen atoms in total. The van der Waals surface area contributed by atoms with E-state index in [-0.39, 0.29) is 0 Å². The number of hydrogen-bond acceptors (Lipinski definition) is 6. The number of ether oxygens (including phenoxy) is 1. The fraction of sp³-hybridized carbons (Fsp3) is 0.231. The van der Waals surface area contributed by atoms with Gasteiger partial charge in [-0.2, -0.15) is 5.26 Å². The van der Waals surface area contributed by atoms with Crippen molar-refractivity contribution in [2.24, 2.45) is 10.9 Å². The van der Waals surface area contributed by atoms with Gasteiger partial charge >= 0.3 is 0 Å². The molecule has 1 aliphatic heterocycles. The molecule has 1 aliphatic rings. The molecule has 0 bridgehead atoms. The highest BCUT2D eigenvalue weighted by Gasteiger charge is 2.33. The van der Waals surface area contributed by atoms with Crippen LogP contribution in [0.3, 0.4) is 0 Å². The largest absolute Gasteiger partial charge is 0.494 e.